The van der Waals surface area contributed by atoms with E-state index < -0.39 is 0 Å². The maximum absolute atomic E-state index is 12.7. The number of aromatic nitrogens is 1. The number of amides is 1. The fourth-order valence-corrected chi connectivity index (χ4v) is 3.63. The van der Waals surface area contributed by atoms with Crippen LogP contribution in [0.1, 0.15) is 11.1 Å². The van der Waals surface area contributed by atoms with Crippen LogP contribution in [0.2, 0.25) is 0 Å². The van der Waals surface area contributed by atoms with Crippen molar-refractivity contribution in [1.29, 1.82) is 5.26 Å². The van der Waals surface area contributed by atoms with Crippen LogP contribution in [-0.4, -0.2) is 49.1 Å². The number of methoxy groups -OCH3 is 1. The molecule has 3 aromatic rings. The molecule has 1 saturated heterocycles. The molecule has 1 aromatic heterocycles. The summed E-state index contributed by atoms with van der Waals surface area (Å²) in [5.74, 6) is 1.60. The van der Waals surface area contributed by atoms with Crippen LogP contribution in [0.15, 0.2) is 54.6 Å². The SMILES string of the molecule is COc1ccc(CC(=O)N2CCN(c3nc4ccccc4cc3C#N)CC2)cc1. The number of pyridine rings is 1. The molecule has 0 saturated carbocycles. The van der Waals surface area contributed by atoms with Crippen molar-refractivity contribution >= 4 is 22.6 Å². The van der Waals surface area contributed by atoms with Gasteiger partial charge in [0.25, 0.3) is 0 Å². The summed E-state index contributed by atoms with van der Waals surface area (Å²) in [6.07, 6.45) is 0.377. The normalized spacial score (nSPS) is 13.9. The third-order valence-corrected chi connectivity index (χ3v) is 5.27. The average Bonchev–Trinajstić information content (AvgIpc) is 2.78. The quantitative estimate of drug-likeness (QED) is 0.689. The van der Waals surface area contributed by atoms with Crippen molar-refractivity contribution in [3.05, 3.63) is 65.7 Å². The van der Waals surface area contributed by atoms with E-state index in [-0.39, 0.29) is 5.91 Å². The highest BCUT2D eigenvalue weighted by Gasteiger charge is 2.24. The van der Waals surface area contributed by atoms with E-state index in [1.165, 1.54) is 0 Å². The molecule has 1 aliphatic heterocycles. The zero-order chi connectivity index (χ0) is 20.2. The van der Waals surface area contributed by atoms with E-state index in [0.717, 1.165) is 22.2 Å². The van der Waals surface area contributed by atoms with E-state index in [1.54, 1.807) is 7.11 Å². The lowest BCUT2D eigenvalue weighted by Gasteiger charge is -2.36. The van der Waals surface area contributed by atoms with Gasteiger partial charge in [0.15, 0.2) is 0 Å². The van der Waals surface area contributed by atoms with Gasteiger partial charge in [-0.1, -0.05) is 30.3 Å². The zero-order valence-electron chi connectivity index (χ0n) is 16.3. The van der Waals surface area contributed by atoms with Gasteiger partial charge < -0.3 is 14.5 Å². The molecule has 0 spiro atoms. The molecule has 29 heavy (non-hydrogen) atoms. The number of benzene rings is 2. The van der Waals surface area contributed by atoms with Crippen molar-refractivity contribution in [3.63, 3.8) is 0 Å². The lowest BCUT2D eigenvalue weighted by Crippen LogP contribution is -2.49. The van der Waals surface area contributed by atoms with Crippen LogP contribution >= 0.6 is 0 Å². The van der Waals surface area contributed by atoms with Gasteiger partial charge in [0, 0.05) is 31.6 Å². The van der Waals surface area contributed by atoms with E-state index in [4.69, 9.17) is 9.72 Å². The van der Waals surface area contributed by atoms with E-state index in [9.17, 15) is 10.1 Å². The van der Waals surface area contributed by atoms with E-state index in [1.807, 2.05) is 59.5 Å². The Morgan fingerprint density at radius 2 is 1.83 bits per heavy atom. The summed E-state index contributed by atoms with van der Waals surface area (Å²) in [5.41, 5.74) is 2.42. The number of fused-ring (bicyclic) bond motifs is 1. The lowest BCUT2D eigenvalue weighted by atomic mass is 10.1. The molecule has 0 bridgehead atoms. The molecule has 6 heteroatoms. The summed E-state index contributed by atoms with van der Waals surface area (Å²) in [6.45, 7) is 2.56. The highest BCUT2D eigenvalue weighted by atomic mass is 16.5. The number of carbonyl (C=O) groups is 1. The maximum atomic E-state index is 12.7. The molecule has 1 fully saturated rings. The second kappa shape index (κ2) is 8.19. The highest BCUT2D eigenvalue weighted by molar-refractivity contribution is 5.83. The summed E-state index contributed by atoms with van der Waals surface area (Å²) in [7, 11) is 1.63. The first-order chi connectivity index (χ1) is 14.2. The number of nitrogens with zero attached hydrogens (tertiary/aromatic N) is 4. The summed E-state index contributed by atoms with van der Waals surface area (Å²) in [5, 5.41) is 10.5. The smallest absolute Gasteiger partial charge is 0.227 e. The second-order valence-electron chi connectivity index (χ2n) is 7.06. The van der Waals surface area contributed by atoms with E-state index in [0.29, 0.717) is 44.0 Å². The van der Waals surface area contributed by atoms with Crippen molar-refractivity contribution < 1.29 is 9.53 Å². The number of ether oxygens (including phenoxy) is 1. The van der Waals surface area contributed by atoms with Gasteiger partial charge in [0.1, 0.15) is 17.6 Å². The number of para-hydroxylation sites is 1. The van der Waals surface area contributed by atoms with Crippen molar-refractivity contribution in [3.8, 4) is 11.8 Å². The molecule has 1 amide bonds. The van der Waals surface area contributed by atoms with Crippen LogP contribution < -0.4 is 9.64 Å². The minimum absolute atomic E-state index is 0.113. The van der Waals surface area contributed by atoms with Crippen LogP contribution in [0, 0.1) is 11.3 Å². The minimum atomic E-state index is 0.113. The number of rotatable bonds is 4. The average molecular weight is 386 g/mol. The Morgan fingerprint density at radius 3 is 2.52 bits per heavy atom. The third-order valence-electron chi connectivity index (χ3n) is 5.27. The van der Waals surface area contributed by atoms with Gasteiger partial charge in [-0.25, -0.2) is 4.98 Å². The summed E-state index contributed by atoms with van der Waals surface area (Å²) >= 11 is 0. The Morgan fingerprint density at radius 1 is 1.10 bits per heavy atom. The van der Waals surface area contributed by atoms with Crippen LogP contribution in [-0.2, 0) is 11.2 Å². The Hall–Kier alpha value is -3.59. The van der Waals surface area contributed by atoms with Gasteiger partial charge in [-0.15, -0.1) is 0 Å². The number of hydrogen-bond donors (Lipinski definition) is 0. The fourth-order valence-electron chi connectivity index (χ4n) is 3.63. The van der Waals surface area contributed by atoms with Gasteiger partial charge in [0.2, 0.25) is 5.91 Å². The molecule has 0 N–H and O–H groups in total. The van der Waals surface area contributed by atoms with E-state index in [2.05, 4.69) is 11.0 Å². The number of nitriles is 1. The number of hydrogen-bond acceptors (Lipinski definition) is 5. The van der Waals surface area contributed by atoms with Crippen molar-refractivity contribution in [2.24, 2.45) is 0 Å². The molecule has 4 rings (SSSR count). The zero-order valence-corrected chi connectivity index (χ0v) is 16.3. The Labute approximate surface area is 169 Å². The molecule has 146 valence electrons. The molecule has 0 unspecified atom stereocenters. The summed E-state index contributed by atoms with van der Waals surface area (Å²) < 4.78 is 5.16. The number of piperazine rings is 1. The maximum Gasteiger partial charge on any atom is 0.227 e. The van der Waals surface area contributed by atoms with Crippen LogP contribution in [0.3, 0.4) is 0 Å². The lowest BCUT2D eigenvalue weighted by molar-refractivity contribution is -0.130. The minimum Gasteiger partial charge on any atom is -0.497 e. The predicted octanol–water partition coefficient (Wildman–Crippen LogP) is 3.01. The molecule has 2 heterocycles. The standard InChI is InChI=1S/C23H22N4O2/c1-29-20-8-6-17(7-9-20)14-22(28)26-10-12-27(13-11-26)23-19(16-24)15-18-4-2-3-5-21(18)25-23/h2-9,15H,10-14H2,1H3. The molecule has 0 radical (unpaired) electrons. The van der Waals surface area contributed by atoms with Gasteiger partial charge in [-0.05, 0) is 29.8 Å². The van der Waals surface area contributed by atoms with Crippen molar-refractivity contribution in [2.45, 2.75) is 6.42 Å². The van der Waals surface area contributed by atoms with Crippen LogP contribution in [0.5, 0.6) is 5.75 Å². The Bertz CT molecular complexity index is 1060. The monoisotopic (exact) mass is 386 g/mol. The first-order valence-corrected chi connectivity index (χ1v) is 9.63. The molecular formula is C23H22N4O2. The van der Waals surface area contributed by atoms with Gasteiger partial charge in [-0.3, -0.25) is 4.79 Å². The van der Waals surface area contributed by atoms with Crippen molar-refractivity contribution in [1.82, 2.24) is 9.88 Å². The number of carbonyl (C=O) groups excluding carboxylic acids is 1. The molecule has 0 atom stereocenters. The highest BCUT2D eigenvalue weighted by Crippen LogP contribution is 2.24. The molecule has 6 nitrogen and oxygen atoms in total. The molecule has 1 aliphatic rings. The summed E-state index contributed by atoms with van der Waals surface area (Å²) in [4.78, 5) is 21.4. The first-order valence-electron chi connectivity index (χ1n) is 9.63. The topological polar surface area (TPSA) is 69.5 Å². The van der Waals surface area contributed by atoms with Crippen LogP contribution in [0.4, 0.5) is 5.82 Å². The third kappa shape index (κ3) is 3.99. The molecule has 0 aliphatic carbocycles. The molecule has 2 aromatic carbocycles. The summed E-state index contributed by atoms with van der Waals surface area (Å²) in [6, 6.07) is 19.5. The largest absolute Gasteiger partial charge is 0.497 e. The van der Waals surface area contributed by atoms with Crippen LogP contribution in [0.25, 0.3) is 10.9 Å². The second-order valence-corrected chi connectivity index (χ2v) is 7.06. The van der Waals surface area contributed by atoms with E-state index >= 15 is 0 Å². The van der Waals surface area contributed by atoms with Gasteiger partial charge in [-0.2, -0.15) is 5.26 Å². The van der Waals surface area contributed by atoms with Gasteiger partial charge in [0.05, 0.1) is 24.6 Å². The van der Waals surface area contributed by atoms with Gasteiger partial charge >= 0.3 is 0 Å². The predicted molar refractivity (Wildman–Crippen MR) is 112 cm³/mol. The Kier molecular flexibility index (Phi) is 5.30. The van der Waals surface area contributed by atoms with Crippen molar-refractivity contribution in [2.75, 3.05) is 38.2 Å². The molecular weight excluding hydrogens is 364 g/mol. The number of anilines is 1. The Balaban J connectivity index is 1.43. The fraction of sp³-hybridized carbons (Fsp3) is 0.261. The first kappa shape index (κ1) is 18.8.